The largest absolute Gasteiger partial charge is 0.480 e. The minimum absolute atomic E-state index is 0.105. The van der Waals surface area contributed by atoms with Crippen molar-refractivity contribution >= 4 is 74.0 Å². The summed E-state index contributed by atoms with van der Waals surface area (Å²) in [6.45, 7) is 3.75. The highest BCUT2D eigenvalue weighted by atomic mass is 35.5. The second-order valence-corrected chi connectivity index (χ2v) is 18.5. The van der Waals surface area contributed by atoms with Crippen molar-refractivity contribution in [1.29, 1.82) is 0 Å². The fraction of sp³-hybridized carbons (Fsp3) is 0.500. The number of carbonyl (C=O) groups is 2. The van der Waals surface area contributed by atoms with Crippen LogP contribution in [0.15, 0.2) is 47.4 Å². The van der Waals surface area contributed by atoms with Gasteiger partial charge in [0, 0.05) is 81.8 Å². The first-order valence-corrected chi connectivity index (χ1v) is 22.1. The zero-order valence-electron chi connectivity index (χ0n) is 34.5. The van der Waals surface area contributed by atoms with Gasteiger partial charge < -0.3 is 29.7 Å². The number of pyridine rings is 1. The van der Waals surface area contributed by atoms with Gasteiger partial charge in [-0.1, -0.05) is 23.7 Å². The highest BCUT2D eigenvalue weighted by Crippen LogP contribution is 2.46. The van der Waals surface area contributed by atoms with E-state index in [1.807, 2.05) is 29.9 Å². The SMILES string of the molecule is Cn1nc(C2CCC(=O)NC2=O)c2cccc(N3C[C@@H]4C[C@H]3CN4CC3CCN(c4ncc(Cl)c(Nc5ccc6c(c5)c5c(c(=O)n6C)OCC(F)(F)C(C6CC6)N5)n4)CC3)c21. The molecule has 324 valence electrons. The molecule has 62 heavy (non-hydrogen) atoms. The lowest BCUT2D eigenvalue weighted by molar-refractivity contribution is -0.134. The summed E-state index contributed by atoms with van der Waals surface area (Å²) in [6.07, 6.45) is 6.92. The molecular weight excluding hydrogens is 820 g/mol. The van der Waals surface area contributed by atoms with E-state index in [-0.39, 0.29) is 29.2 Å². The van der Waals surface area contributed by atoms with E-state index in [1.165, 1.54) is 4.57 Å². The molecule has 5 fully saturated rings. The summed E-state index contributed by atoms with van der Waals surface area (Å²) in [4.78, 5) is 54.7. The fourth-order valence-electron chi connectivity index (χ4n) is 10.7. The molecule has 5 aromatic rings. The first kappa shape index (κ1) is 39.3. The number of rotatable bonds is 8. The van der Waals surface area contributed by atoms with E-state index in [0.29, 0.717) is 77.1 Å². The van der Waals surface area contributed by atoms with Crippen molar-refractivity contribution in [3.63, 3.8) is 0 Å². The summed E-state index contributed by atoms with van der Waals surface area (Å²) >= 11 is 6.65. The molecule has 11 rings (SSSR count). The van der Waals surface area contributed by atoms with Gasteiger partial charge in [-0.2, -0.15) is 10.1 Å². The standard InChI is InChI=1S/C44H48ClF2N11O4/c1-54-32-10-8-25(16-30(32)36-38(42(54)61)62-22-44(46,47)39(51-36)24-6-7-24)49-40-31(45)18-48-43(52-40)56-14-12-23(13-15-56)19-57-20-27-17-26(57)21-58(27)33-5-3-4-28-35(53-55(2)37(28)33)29-9-11-34(59)50-41(29)60/h3-5,8,10,16,18,23-24,26-27,29,39,51H,6-7,9,11-15,17,19-22H2,1-2H3,(H,48,49,52)(H,50,59,60)/t26-,27-,29?,39?/m0/s1. The van der Waals surface area contributed by atoms with Crippen molar-refractivity contribution in [3.8, 4) is 5.75 Å². The molecule has 8 heterocycles. The van der Waals surface area contributed by atoms with Gasteiger partial charge in [0.05, 0.1) is 46.3 Å². The van der Waals surface area contributed by atoms with Crippen molar-refractivity contribution in [2.24, 2.45) is 25.9 Å². The molecule has 18 heteroatoms. The van der Waals surface area contributed by atoms with Crippen LogP contribution in [0, 0.1) is 11.8 Å². The van der Waals surface area contributed by atoms with Gasteiger partial charge in [0.1, 0.15) is 5.02 Å². The number of nitrogens with zero attached hydrogens (tertiary/aromatic N) is 8. The Morgan fingerprint density at radius 1 is 1.00 bits per heavy atom. The number of amides is 2. The first-order valence-electron chi connectivity index (χ1n) is 21.7. The maximum atomic E-state index is 15.2. The van der Waals surface area contributed by atoms with Crippen LogP contribution in [-0.4, -0.2) is 104 Å². The maximum absolute atomic E-state index is 15.2. The number of likely N-dealkylation sites (tertiary alicyclic amines) is 1. The lowest BCUT2D eigenvalue weighted by Crippen LogP contribution is -2.49. The third-order valence-electron chi connectivity index (χ3n) is 14.1. The monoisotopic (exact) mass is 867 g/mol. The zero-order chi connectivity index (χ0) is 42.6. The smallest absolute Gasteiger partial charge is 0.301 e. The second kappa shape index (κ2) is 14.8. The van der Waals surface area contributed by atoms with Crippen LogP contribution < -0.4 is 36.0 Å². The Labute approximate surface area is 360 Å². The normalized spacial score (nSPS) is 25.2. The summed E-state index contributed by atoms with van der Waals surface area (Å²) in [5.74, 6) is -2.80. The van der Waals surface area contributed by atoms with Crippen LogP contribution in [0.1, 0.15) is 56.6 Å². The topological polar surface area (TPSA) is 155 Å². The van der Waals surface area contributed by atoms with Crippen molar-refractivity contribution < 1.29 is 23.1 Å². The van der Waals surface area contributed by atoms with Crippen molar-refractivity contribution in [1.82, 2.24) is 34.5 Å². The molecule has 2 bridgehead atoms. The molecule has 1 saturated carbocycles. The Bertz CT molecular complexity index is 2710. The minimum Gasteiger partial charge on any atom is -0.480 e. The van der Waals surface area contributed by atoms with Gasteiger partial charge in [-0.3, -0.25) is 29.3 Å². The number of piperidine rings is 2. The number of aromatic nitrogens is 5. The Kier molecular flexibility index (Phi) is 9.37. The van der Waals surface area contributed by atoms with E-state index in [4.69, 9.17) is 26.4 Å². The Hall–Kier alpha value is -5.55. The average molecular weight is 868 g/mol. The maximum Gasteiger partial charge on any atom is 0.301 e. The number of para-hydroxylation sites is 1. The van der Waals surface area contributed by atoms with Crippen LogP contribution in [0.4, 0.5) is 37.6 Å². The van der Waals surface area contributed by atoms with Crippen LogP contribution in [0.3, 0.4) is 0 Å². The number of halogens is 3. The van der Waals surface area contributed by atoms with Crippen LogP contribution >= 0.6 is 11.6 Å². The van der Waals surface area contributed by atoms with Crippen LogP contribution in [0.5, 0.6) is 5.75 Å². The van der Waals surface area contributed by atoms with Crippen molar-refractivity contribution in [2.45, 2.75) is 74.9 Å². The molecule has 1 aliphatic carbocycles. The molecule has 4 atom stereocenters. The number of hydrogen-bond donors (Lipinski definition) is 3. The number of anilines is 5. The zero-order valence-corrected chi connectivity index (χ0v) is 35.3. The minimum atomic E-state index is -3.13. The number of imide groups is 1. The molecule has 6 aliphatic rings. The summed E-state index contributed by atoms with van der Waals surface area (Å²) in [6, 6.07) is 11.4. The molecule has 0 radical (unpaired) electrons. The third kappa shape index (κ3) is 6.69. The van der Waals surface area contributed by atoms with Crippen molar-refractivity contribution in [2.75, 3.05) is 59.8 Å². The van der Waals surface area contributed by atoms with Gasteiger partial charge in [0.15, 0.2) is 12.4 Å². The highest BCUT2D eigenvalue weighted by Gasteiger charge is 2.51. The summed E-state index contributed by atoms with van der Waals surface area (Å²) < 4.78 is 39.2. The molecule has 2 amide bonds. The Morgan fingerprint density at radius 3 is 2.58 bits per heavy atom. The summed E-state index contributed by atoms with van der Waals surface area (Å²) in [7, 11) is 3.55. The van der Waals surface area contributed by atoms with Crippen LogP contribution in [0.25, 0.3) is 21.8 Å². The summed E-state index contributed by atoms with van der Waals surface area (Å²) in [5.41, 5.74) is 3.93. The Morgan fingerprint density at radius 2 is 1.82 bits per heavy atom. The Balaban J connectivity index is 0.744. The number of carbonyl (C=O) groups excluding carboxylic acids is 2. The van der Waals surface area contributed by atoms with E-state index in [9.17, 15) is 14.4 Å². The molecule has 2 unspecified atom stereocenters. The van der Waals surface area contributed by atoms with E-state index in [1.54, 1.807) is 19.3 Å². The number of hydrogen-bond acceptors (Lipinski definition) is 12. The lowest BCUT2D eigenvalue weighted by atomic mass is 9.92. The quantitative estimate of drug-likeness (QED) is 0.168. The molecule has 15 nitrogen and oxygen atoms in total. The molecule has 3 aromatic heterocycles. The molecule has 3 N–H and O–H groups in total. The van der Waals surface area contributed by atoms with Crippen molar-refractivity contribution in [3.05, 3.63) is 63.7 Å². The molecular formula is C44H48ClF2N11O4. The number of piperazine rings is 1. The number of nitrogens with one attached hydrogen (secondary N) is 3. The average Bonchev–Trinajstić information content (AvgIpc) is 3.81. The second-order valence-electron chi connectivity index (χ2n) is 18.1. The number of fused-ring (bicyclic) bond motifs is 6. The van der Waals surface area contributed by atoms with Crippen LogP contribution in [0.2, 0.25) is 5.02 Å². The van der Waals surface area contributed by atoms with E-state index < -0.39 is 30.0 Å². The first-order chi connectivity index (χ1) is 29.9. The lowest BCUT2D eigenvalue weighted by Gasteiger charge is -2.39. The number of aryl methyl sites for hydroxylation is 2. The highest BCUT2D eigenvalue weighted by molar-refractivity contribution is 6.33. The van der Waals surface area contributed by atoms with Gasteiger partial charge in [-0.25, -0.2) is 13.8 Å². The number of alkyl halides is 2. The van der Waals surface area contributed by atoms with E-state index in [0.717, 1.165) is 74.3 Å². The molecule has 5 aliphatic heterocycles. The predicted octanol–water partition coefficient (Wildman–Crippen LogP) is 5.53. The van der Waals surface area contributed by atoms with E-state index >= 15 is 8.78 Å². The molecule has 0 spiro atoms. The van der Waals surface area contributed by atoms with E-state index in [2.05, 4.69) is 47.8 Å². The predicted molar refractivity (Wildman–Crippen MR) is 232 cm³/mol. The summed E-state index contributed by atoms with van der Waals surface area (Å²) in [5, 5.41) is 15.6. The fourth-order valence-corrected chi connectivity index (χ4v) is 10.9. The van der Waals surface area contributed by atoms with Gasteiger partial charge in [0.25, 0.3) is 5.56 Å². The van der Waals surface area contributed by atoms with Gasteiger partial charge in [-0.05, 0) is 74.6 Å². The van der Waals surface area contributed by atoms with Gasteiger partial charge >= 0.3 is 5.92 Å². The van der Waals surface area contributed by atoms with Gasteiger partial charge in [0.2, 0.25) is 23.5 Å². The van der Waals surface area contributed by atoms with Gasteiger partial charge in [-0.15, -0.1) is 0 Å². The third-order valence-corrected chi connectivity index (χ3v) is 14.4. The number of ether oxygens (including phenoxy) is 1. The van der Waals surface area contributed by atoms with Crippen LogP contribution in [-0.2, 0) is 23.7 Å². The molecule has 4 saturated heterocycles. The molecule has 2 aromatic carbocycles. The number of benzene rings is 2.